The van der Waals surface area contributed by atoms with Gasteiger partial charge in [-0.3, -0.25) is 9.13 Å². The molecule has 53 heavy (non-hydrogen) atoms. The summed E-state index contributed by atoms with van der Waals surface area (Å²) in [6.45, 7) is 6.87. The molecule has 17 heteroatoms. The van der Waals surface area contributed by atoms with Crippen molar-refractivity contribution in [1.29, 1.82) is 0 Å². The van der Waals surface area contributed by atoms with Gasteiger partial charge in [0.25, 0.3) is 0 Å². The maximum absolute atomic E-state index is 6.12. The number of ether oxygens (including phenoxy) is 1. The molecule has 0 amide bonds. The lowest BCUT2D eigenvalue weighted by molar-refractivity contribution is 0.122. The lowest BCUT2D eigenvalue weighted by atomic mass is 10.2. The number of hydrogen-bond donors (Lipinski definition) is 2. The van der Waals surface area contributed by atoms with Gasteiger partial charge in [0.1, 0.15) is 35.1 Å². The average molecular weight is 726 g/mol. The lowest BCUT2D eigenvalue weighted by Crippen LogP contribution is -2.37. The predicted molar refractivity (Wildman–Crippen MR) is 202 cm³/mol. The number of morpholine rings is 1. The smallest absolute Gasteiger partial charge is 0.228 e. The second kappa shape index (κ2) is 14.2. The zero-order valence-electron chi connectivity index (χ0n) is 28.7. The van der Waals surface area contributed by atoms with Crippen molar-refractivity contribution in [2.45, 2.75) is 13.8 Å². The van der Waals surface area contributed by atoms with Crippen molar-refractivity contribution in [3.05, 3.63) is 102 Å². The molecule has 1 aliphatic rings. The lowest BCUT2D eigenvalue weighted by Gasteiger charge is -2.27. The van der Waals surface area contributed by atoms with Crippen LogP contribution in [0.5, 0.6) is 0 Å². The summed E-state index contributed by atoms with van der Waals surface area (Å²) in [5.41, 5.74) is 20.8. The fraction of sp³-hybridized carbons (Fsp3) is 0.167. The highest BCUT2D eigenvalue weighted by Gasteiger charge is 2.21. The van der Waals surface area contributed by atoms with Gasteiger partial charge in [0.05, 0.1) is 13.2 Å². The highest BCUT2D eigenvalue weighted by molar-refractivity contribution is 6.28. The molecular formula is C36H32ClN15O. The third kappa shape index (κ3) is 6.87. The van der Waals surface area contributed by atoms with Gasteiger partial charge in [-0.15, -0.1) is 0 Å². The zero-order valence-corrected chi connectivity index (χ0v) is 29.4. The maximum atomic E-state index is 6.12. The Morgan fingerprint density at radius 3 is 1.62 bits per heavy atom. The molecule has 6 aromatic heterocycles. The molecule has 0 unspecified atom stereocenters. The summed E-state index contributed by atoms with van der Waals surface area (Å²) in [6, 6.07) is 16.3. The number of rotatable bonds is 5. The Morgan fingerprint density at radius 2 is 1.11 bits per heavy atom. The van der Waals surface area contributed by atoms with E-state index >= 15 is 0 Å². The summed E-state index contributed by atoms with van der Waals surface area (Å²) in [5, 5.41) is 0.128. The summed E-state index contributed by atoms with van der Waals surface area (Å²) in [6.07, 6.45) is 9.99. The first-order valence-electron chi connectivity index (χ1n) is 16.6. The summed E-state index contributed by atoms with van der Waals surface area (Å²) >= 11 is 6.12. The number of imidazole rings is 2. The number of hydrogen-bond acceptors (Lipinski definition) is 14. The fourth-order valence-corrected chi connectivity index (χ4v) is 6.09. The SMILES string of the molecule is Cc1cccc(-n2cnc3c(-c4cnc(N)nc4)nc(Cl)nc32)c1.Cc1cccc(-n2cnc3c(-c4cnc(N)nc4)nc(N4CCOCC4)nc32)c1. The minimum Gasteiger partial charge on any atom is -0.378 e. The first kappa shape index (κ1) is 33.5. The molecule has 1 saturated heterocycles. The summed E-state index contributed by atoms with van der Waals surface area (Å²) < 4.78 is 9.33. The second-order valence-electron chi connectivity index (χ2n) is 12.2. The van der Waals surface area contributed by atoms with Crippen LogP contribution in [0.25, 0.3) is 56.2 Å². The Kier molecular flexibility index (Phi) is 8.95. The van der Waals surface area contributed by atoms with Crippen molar-refractivity contribution < 1.29 is 4.74 Å². The number of fused-ring (bicyclic) bond motifs is 2. The highest BCUT2D eigenvalue weighted by Crippen LogP contribution is 2.30. The Morgan fingerprint density at radius 1 is 0.623 bits per heavy atom. The van der Waals surface area contributed by atoms with E-state index in [4.69, 9.17) is 37.8 Å². The Labute approximate surface area is 307 Å². The molecule has 7 heterocycles. The van der Waals surface area contributed by atoms with Crippen molar-refractivity contribution >= 4 is 51.8 Å². The van der Waals surface area contributed by atoms with Crippen molar-refractivity contribution in [3.63, 3.8) is 0 Å². The van der Waals surface area contributed by atoms with Gasteiger partial charge < -0.3 is 21.1 Å². The van der Waals surface area contributed by atoms with E-state index in [2.05, 4.69) is 63.8 Å². The molecule has 0 radical (unpaired) electrons. The minimum atomic E-state index is 0.128. The molecule has 8 aromatic rings. The highest BCUT2D eigenvalue weighted by atomic mass is 35.5. The van der Waals surface area contributed by atoms with Crippen molar-refractivity contribution in [3.8, 4) is 33.9 Å². The number of anilines is 3. The molecule has 0 spiro atoms. The summed E-state index contributed by atoms with van der Waals surface area (Å²) in [4.78, 5) is 45.7. The molecule has 0 atom stereocenters. The number of nitrogen functional groups attached to an aromatic ring is 2. The van der Waals surface area contributed by atoms with Gasteiger partial charge in [-0.05, 0) is 60.8 Å². The molecule has 4 N–H and O–H groups in total. The number of benzene rings is 2. The van der Waals surface area contributed by atoms with E-state index in [9.17, 15) is 0 Å². The number of nitrogens with two attached hydrogens (primary N) is 2. The summed E-state index contributed by atoms with van der Waals surface area (Å²) in [5.74, 6) is 1.06. The van der Waals surface area contributed by atoms with E-state index in [0.717, 1.165) is 41.2 Å². The van der Waals surface area contributed by atoms with Crippen molar-refractivity contribution in [2.24, 2.45) is 0 Å². The molecule has 9 rings (SSSR count). The van der Waals surface area contributed by atoms with Gasteiger partial charge in [-0.1, -0.05) is 24.3 Å². The zero-order chi connectivity index (χ0) is 36.5. The molecule has 0 bridgehead atoms. The van der Waals surface area contributed by atoms with Gasteiger partial charge in [-0.25, -0.2) is 39.9 Å². The molecule has 1 fully saturated rings. The molecule has 1 aliphatic heterocycles. The van der Waals surface area contributed by atoms with E-state index in [0.29, 0.717) is 52.8 Å². The molecule has 0 saturated carbocycles. The van der Waals surface area contributed by atoms with E-state index in [1.165, 1.54) is 5.56 Å². The van der Waals surface area contributed by atoms with Gasteiger partial charge in [-0.2, -0.15) is 9.97 Å². The number of halogens is 1. The first-order chi connectivity index (χ1) is 25.8. The Balaban J connectivity index is 0.000000154. The first-order valence-corrected chi connectivity index (χ1v) is 17.0. The topological polar surface area (TPSA) is 203 Å². The Hall–Kier alpha value is -6.65. The van der Waals surface area contributed by atoms with Gasteiger partial charge >= 0.3 is 0 Å². The monoisotopic (exact) mass is 725 g/mol. The molecule has 2 aromatic carbocycles. The van der Waals surface area contributed by atoms with Gasteiger partial charge in [0, 0.05) is 60.4 Å². The predicted octanol–water partition coefficient (Wildman–Crippen LogP) is 4.82. The van der Waals surface area contributed by atoms with E-state index in [1.54, 1.807) is 37.4 Å². The fourth-order valence-electron chi connectivity index (χ4n) is 5.92. The Bertz CT molecular complexity index is 2560. The quantitative estimate of drug-likeness (QED) is 0.229. The molecule has 264 valence electrons. The van der Waals surface area contributed by atoms with Gasteiger partial charge in [0.2, 0.25) is 23.1 Å². The van der Waals surface area contributed by atoms with Crippen LogP contribution in [0.15, 0.2) is 86.0 Å². The molecule has 16 nitrogen and oxygen atoms in total. The van der Waals surface area contributed by atoms with Crippen LogP contribution >= 0.6 is 11.6 Å². The van der Waals surface area contributed by atoms with Crippen LogP contribution in [0, 0.1) is 13.8 Å². The van der Waals surface area contributed by atoms with E-state index in [-0.39, 0.29) is 17.2 Å². The van der Waals surface area contributed by atoms with Crippen LogP contribution in [-0.4, -0.2) is 85.3 Å². The summed E-state index contributed by atoms with van der Waals surface area (Å²) in [7, 11) is 0. The number of aromatic nitrogens is 12. The molecule has 0 aliphatic carbocycles. The number of aryl methyl sites for hydroxylation is 2. The van der Waals surface area contributed by atoms with Crippen molar-refractivity contribution in [1.82, 2.24) is 59.0 Å². The van der Waals surface area contributed by atoms with Crippen LogP contribution in [0.1, 0.15) is 11.1 Å². The normalized spacial score (nSPS) is 12.9. The molecular weight excluding hydrogens is 694 g/mol. The van der Waals surface area contributed by atoms with Crippen LogP contribution in [-0.2, 0) is 4.74 Å². The van der Waals surface area contributed by atoms with E-state index in [1.807, 2.05) is 52.5 Å². The largest absolute Gasteiger partial charge is 0.378 e. The maximum Gasteiger partial charge on any atom is 0.228 e. The number of nitrogens with zero attached hydrogens (tertiary/aromatic N) is 13. The standard InChI is InChI=1S/C20H20N8O.C16H12ClN7/c1-13-3-2-4-15(9-13)28-12-24-17-16(14-10-22-19(21)23-11-14)25-20(26-18(17)28)27-5-7-29-8-6-27;1-9-3-2-4-11(5-9)24-8-21-13-12(22-15(17)23-14(13)24)10-6-19-16(18)20-7-10/h2-4,9-12H,5-8H2,1H3,(H2,21,22,23);2-8H,1H3,(H2,18,19,20). The van der Waals surface area contributed by atoms with Crippen LogP contribution in [0.4, 0.5) is 17.8 Å². The van der Waals surface area contributed by atoms with Crippen LogP contribution in [0.3, 0.4) is 0 Å². The minimum absolute atomic E-state index is 0.128. The van der Waals surface area contributed by atoms with Crippen LogP contribution in [0.2, 0.25) is 5.28 Å². The third-order valence-electron chi connectivity index (χ3n) is 8.50. The second-order valence-corrected chi connectivity index (χ2v) is 12.6. The third-order valence-corrected chi connectivity index (χ3v) is 8.67. The van der Waals surface area contributed by atoms with Crippen LogP contribution < -0.4 is 16.4 Å². The van der Waals surface area contributed by atoms with E-state index < -0.39 is 0 Å². The van der Waals surface area contributed by atoms with Crippen molar-refractivity contribution in [2.75, 3.05) is 42.7 Å². The van der Waals surface area contributed by atoms with Gasteiger partial charge in [0.15, 0.2) is 11.3 Å². The average Bonchev–Trinajstić information content (AvgIpc) is 3.80.